The minimum absolute atomic E-state index is 0.185. The van der Waals surface area contributed by atoms with E-state index < -0.39 is 12.3 Å². The topological polar surface area (TPSA) is 50.4 Å². The molecule has 1 aliphatic rings. The first kappa shape index (κ1) is 15.3. The third-order valence-corrected chi connectivity index (χ3v) is 2.75. The van der Waals surface area contributed by atoms with Gasteiger partial charge in [0.05, 0.1) is 0 Å². The summed E-state index contributed by atoms with van der Waals surface area (Å²) in [6.07, 6.45) is 2.79. The number of hydrogen-bond donors (Lipinski definition) is 2. The molecule has 2 N–H and O–H groups in total. The van der Waals surface area contributed by atoms with Gasteiger partial charge in [0.15, 0.2) is 6.17 Å². The molecule has 0 saturated heterocycles. The van der Waals surface area contributed by atoms with Gasteiger partial charge in [0.25, 0.3) is 0 Å². The van der Waals surface area contributed by atoms with Gasteiger partial charge in [-0.25, -0.2) is 9.18 Å². The van der Waals surface area contributed by atoms with Crippen molar-refractivity contribution in [2.75, 3.05) is 6.61 Å². The molecule has 0 fully saturated rings. The summed E-state index contributed by atoms with van der Waals surface area (Å²) in [5.74, 6) is 0.572. The van der Waals surface area contributed by atoms with Crippen LogP contribution in [0.2, 0.25) is 0 Å². The summed E-state index contributed by atoms with van der Waals surface area (Å²) >= 11 is 0. The van der Waals surface area contributed by atoms with E-state index in [0.717, 1.165) is 12.0 Å². The zero-order valence-electron chi connectivity index (χ0n) is 11.6. The van der Waals surface area contributed by atoms with Crippen molar-refractivity contribution >= 4 is 6.09 Å². The number of nitrogens with one attached hydrogen (secondary N) is 2. The van der Waals surface area contributed by atoms with E-state index in [4.69, 9.17) is 4.74 Å². The normalized spacial score (nSPS) is 19.7. The number of alkyl carbamates (subject to hydrolysis) is 1. The van der Waals surface area contributed by atoms with Crippen LogP contribution in [0.15, 0.2) is 35.7 Å². The molecule has 0 aromatic rings. The molecule has 0 saturated carbocycles. The van der Waals surface area contributed by atoms with E-state index in [9.17, 15) is 9.18 Å². The van der Waals surface area contributed by atoms with E-state index in [1.165, 1.54) is 0 Å². The number of alkyl halides is 1. The van der Waals surface area contributed by atoms with E-state index >= 15 is 0 Å². The van der Waals surface area contributed by atoms with E-state index in [0.29, 0.717) is 11.4 Å². The number of allylic oxidation sites excluding steroid dienone is 2. The van der Waals surface area contributed by atoms with Crippen LogP contribution in [-0.4, -0.2) is 24.9 Å². The highest BCUT2D eigenvalue weighted by Gasteiger charge is 2.15. The van der Waals surface area contributed by atoms with Gasteiger partial charge < -0.3 is 10.1 Å². The Morgan fingerprint density at radius 1 is 1.68 bits per heavy atom. The summed E-state index contributed by atoms with van der Waals surface area (Å²) in [6.45, 7) is 8.69. The van der Waals surface area contributed by atoms with Gasteiger partial charge in [-0.2, -0.15) is 0 Å². The summed E-state index contributed by atoms with van der Waals surface area (Å²) in [4.78, 5) is 11.5. The molecule has 1 aliphatic heterocycles. The first-order valence-electron chi connectivity index (χ1n) is 6.32. The number of halogens is 1. The van der Waals surface area contributed by atoms with Crippen LogP contribution in [0.3, 0.4) is 0 Å². The number of carbonyl (C=O) groups excluding carboxylic acids is 1. The number of amides is 1. The second kappa shape index (κ2) is 6.97. The molecular weight excluding hydrogens is 247 g/mol. The molecular formula is C14H21FN2O2. The Morgan fingerprint density at radius 3 is 2.95 bits per heavy atom. The Morgan fingerprint density at radius 2 is 2.37 bits per heavy atom. The van der Waals surface area contributed by atoms with Crippen LogP contribution < -0.4 is 10.6 Å². The zero-order chi connectivity index (χ0) is 14.4. The molecule has 0 aromatic carbocycles. The largest absolute Gasteiger partial charge is 0.446 e. The Bertz CT molecular complexity index is 416. The van der Waals surface area contributed by atoms with Gasteiger partial charge in [0.1, 0.15) is 12.4 Å². The smallest absolute Gasteiger partial charge is 0.412 e. The molecule has 0 aliphatic carbocycles. The predicted octanol–water partition coefficient (Wildman–Crippen LogP) is 2.80. The fourth-order valence-corrected chi connectivity index (χ4v) is 1.61. The van der Waals surface area contributed by atoms with Gasteiger partial charge in [-0.15, -0.1) is 0 Å². The van der Waals surface area contributed by atoms with Gasteiger partial charge >= 0.3 is 6.09 Å². The summed E-state index contributed by atoms with van der Waals surface area (Å²) in [5, 5.41) is 5.70. The highest BCUT2D eigenvalue weighted by molar-refractivity contribution is 5.69. The van der Waals surface area contributed by atoms with Crippen LogP contribution in [0.5, 0.6) is 0 Å². The van der Waals surface area contributed by atoms with Crippen LogP contribution >= 0.6 is 0 Å². The molecule has 0 bridgehead atoms. The number of hydrogen-bond acceptors (Lipinski definition) is 3. The lowest BCUT2D eigenvalue weighted by atomic mass is 10.1. The Hall–Kier alpha value is -1.78. The maximum atomic E-state index is 13.2. The van der Waals surface area contributed by atoms with Gasteiger partial charge in [0, 0.05) is 6.04 Å². The molecule has 0 radical (unpaired) electrons. The predicted molar refractivity (Wildman–Crippen MR) is 73.2 cm³/mol. The van der Waals surface area contributed by atoms with Gasteiger partial charge in [-0.1, -0.05) is 19.6 Å². The number of rotatable bonds is 5. The van der Waals surface area contributed by atoms with Crippen LogP contribution in [0.1, 0.15) is 27.2 Å². The summed E-state index contributed by atoms with van der Waals surface area (Å²) in [6, 6.07) is 0.185. The number of dihydropyridines is 1. The summed E-state index contributed by atoms with van der Waals surface area (Å²) in [5.41, 5.74) is 1.40. The lowest BCUT2D eigenvalue weighted by molar-refractivity contribution is 0.123. The first-order valence-corrected chi connectivity index (χ1v) is 6.32. The Kier molecular flexibility index (Phi) is 5.60. The lowest BCUT2D eigenvalue weighted by Crippen LogP contribution is -2.39. The van der Waals surface area contributed by atoms with Gasteiger partial charge in [-0.05, 0) is 37.5 Å². The molecule has 1 rings (SSSR count). The molecule has 4 nitrogen and oxygen atoms in total. The highest BCUT2D eigenvalue weighted by Crippen LogP contribution is 2.10. The zero-order valence-corrected chi connectivity index (χ0v) is 11.6. The van der Waals surface area contributed by atoms with Crippen molar-refractivity contribution in [3.8, 4) is 0 Å². The molecule has 0 aromatic heterocycles. The standard InChI is InChI=1S/C14H21FN2O2/c1-5-11-6-10(4)7-13(16-11)17-14(18)19-8-12(15)9(2)3/h6-7,11-12,16H,2,5,8H2,1,3-4H3,(H,17,18). The van der Waals surface area contributed by atoms with Crippen molar-refractivity contribution < 1.29 is 13.9 Å². The van der Waals surface area contributed by atoms with Crippen molar-refractivity contribution in [1.29, 1.82) is 0 Å². The van der Waals surface area contributed by atoms with E-state index in [1.807, 2.05) is 13.8 Å². The fraction of sp³-hybridized carbons (Fsp3) is 0.500. The maximum absolute atomic E-state index is 13.2. The van der Waals surface area contributed by atoms with Crippen LogP contribution in [0, 0.1) is 0 Å². The second-order valence-corrected chi connectivity index (χ2v) is 4.67. The Labute approximate surface area is 113 Å². The van der Waals surface area contributed by atoms with Crippen molar-refractivity contribution in [3.63, 3.8) is 0 Å². The summed E-state index contributed by atoms with van der Waals surface area (Å²) < 4.78 is 18.0. The molecule has 106 valence electrons. The van der Waals surface area contributed by atoms with Crippen LogP contribution in [0.4, 0.5) is 9.18 Å². The van der Waals surface area contributed by atoms with Crippen molar-refractivity contribution in [2.24, 2.45) is 0 Å². The molecule has 5 heteroatoms. The third-order valence-electron chi connectivity index (χ3n) is 2.75. The van der Waals surface area contributed by atoms with E-state index in [2.05, 4.69) is 23.3 Å². The number of carbonyl (C=O) groups is 1. The molecule has 1 heterocycles. The lowest BCUT2D eigenvalue weighted by Gasteiger charge is -2.22. The summed E-state index contributed by atoms with van der Waals surface area (Å²) in [7, 11) is 0. The van der Waals surface area contributed by atoms with E-state index in [-0.39, 0.29) is 12.6 Å². The minimum Gasteiger partial charge on any atom is -0.446 e. The van der Waals surface area contributed by atoms with Gasteiger partial charge in [0.2, 0.25) is 0 Å². The van der Waals surface area contributed by atoms with Crippen LogP contribution in [-0.2, 0) is 4.74 Å². The maximum Gasteiger partial charge on any atom is 0.412 e. The molecule has 0 spiro atoms. The van der Waals surface area contributed by atoms with Crippen molar-refractivity contribution in [3.05, 3.63) is 35.7 Å². The minimum atomic E-state index is -1.33. The SMILES string of the molecule is C=C(C)C(F)COC(=O)NC1=CC(C)=CC(CC)N1. The molecule has 19 heavy (non-hydrogen) atoms. The highest BCUT2D eigenvalue weighted by atomic mass is 19.1. The first-order chi connectivity index (χ1) is 8.92. The average molecular weight is 268 g/mol. The molecule has 2 atom stereocenters. The molecule has 1 amide bonds. The third kappa shape index (κ3) is 5.16. The van der Waals surface area contributed by atoms with Crippen molar-refractivity contribution in [1.82, 2.24) is 10.6 Å². The number of ether oxygens (including phenoxy) is 1. The van der Waals surface area contributed by atoms with Crippen molar-refractivity contribution in [2.45, 2.75) is 39.4 Å². The Balaban J connectivity index is 2.45. The molecule has 2 unspecified atom stereocenters. The second-order valence-electron chi connectivity index (χ2n) is 4.67. The average Bonchev–Trinajstić information content (AvgIpc) is 2.34. The monoisotopic (exact) mass is 268 g/mol. The van der Waals surface area contributed by atoms with Gasteiger partial charge in [-0.3, -0.25) is 5.32 Å². The van der Waals surface area contributed by atoms with Crippen LogP contribution in [0.25, 0.3) is 0 Å². The van der Waals surface area contributed by atoms with E-state index in [1.54, 1.807) is 13.0 Å². The quantitative estimate of drug-likeness (QED) is 0.754. The fourth-order valence-electron chi connectivity index (χ4n) is 1.61.